The Kier molecular flexibility index (Phi) is 4.64. The summed E-state index contributed by atoms with van der Waals surface area (Å²) in [5, 5.41) is 0. The Hall–Kier alpha value is -0.170. The van der Waals surface area contributed by atoms with Gasteiger partial charge in [0, 0.05) is 31.7 Å². The number of ether oxygens (including phenoxy) is 2. The molecule has 0 aromatic rings. The summed E-state index contributed by atoms with van der Waals surface area (Å²) in [6.45, 7) is 5.84. The summed E-state index contributed by atoms with van der Waals surface area (Å²) in [5.41, 5.74) is 0. The largest absolute Gasteiger partial charge is 0.347 e. The number of sulfone groups is 1. The van der Waals surface area contributed by atoms with E-state index in [9.17, 15) is 8.42 Å². The third-order valence-electron chi connectivity index (χ3n) is 3.80. The molecule has 2 aliphatic rings. The van der Waals surface area contributed by atoms with Crippen LogP contribution in [-0.2, 0) is 19.3 Å². The summed E-state index contributed by atoms with van der Waals surface area (Å²) >= 11 is 0. The van der Waals surface area contributed by atoms with Crippen molar-refractivity contribution in [1.29, 1.82) is 0 Å². The van der Waals surface area contributed by atoms with Crippen molar-refractivity contribution in [3.8, 4) is 0 Å². The average molecular weight is 277 g/mol. The van der Waals surface area contributed by atoms with Gasteiger partial charge in [0.15, 0.2) is 5.79 Å². The fraction of sp³-hybridized carbons (Fsp3) is 1.00. The normalized spacial score (nSPS) is 24.7. The van der Waals surface area contributed by atoms with Crippen molar-refractivity contribution in [3.05, 3.63) is 0 Å². The molecule has 1 spiro atoms. The van der Waals surface area contributed by atoms with E-state index in [1.54, 1.807) is 6.92 Å². The zero-order chi connectivity index (χ0) is 13.1. The summed E-state index contributed by atoms with van der Waals surface area (Å²) in [4.78, 5) is 2.31. The molecule has 2 aliphatic heterocycles. The molecule has 0 aromatic carbocycles. The molecule has 5 nitrogen and oxygen atoms in total. The van der Waals surface area contributed by atoms with Crippen molar-refractivity contribution in [2.75, 3.05) is 44.4 Å². The second-order valence-electron chi connectivity index (χ2n) is 5.04. The van der Waals surface area contributed by atoms with Gasteiger partial charge >= 0.3 is 0 Å². The Bertz CT molecular complexity index is 352. The highest BCUT2D eigenvalue weighted by atomic mass is 32.2. The Morgan fingerprint density at radius 1 is 1.17 bits per heavy atom. The van der Waals surface area contributed by atoms with Gasteiger partial charge in [0.05, 0.1) is 19.0 Å². The molecule has 0 aliphatic carbocycles. The summed E-state index contributed by atoms with van der Waals surface area (Å²) < 4.78 is 34.1. The number of nitrogens with zero attached hydrogens (tertiary/aromatic N) is 1. The van der Waals surface area contributed by atoms with Gasteiger partial charge in [-0.25, -0.2) is 8.42 Å². The van der Waals surface area contributed by atoms with E-state index < -0.39 is 9.84 Å². The fourth-order valence-electron chi connectivity index (χ4n) is 2.56. The molecular formula is C12H23NO4S. The van der Waals surface area contributed by atoms with Crippen LogP contribution >= 0.6 is 0 Å². The molecule has 2 heterocycles. The Labute approximate surface area is 109 Å². The minimum atomic E-state index is -2.82. The molecule has 0 aromatic heterocycles. The van der Waals surface area contributed by atoms with Crippen LogP contribution in [0.1, 0.15) is 26.2 Å². The van der Waals surface area contributed by atoms with Gasteiger partial charge in [0.2, 0.25) is 0 Å². The molecule has 2 fully saturated rings. The average Bonchev–Trinajstić information content (AvgIpc) is 2.81. The molecule has 0 N–H and O–H groups in total. The molecule has 6 heteroatoms. The van der Waals surface area contributed by atoms with E-state index in [1.807, 2.05) is 0 Å². The lowest BCUT2D eigenvalue weighted by atomic mass is 10.0. The molecule has 0 amide bonds. The van der Waals surface area contributed by atoms with E-state index in [0.717, 1.165) is 38.9 Å². The van der Waals surface area contributed by atoms with Crippen LogP contribution in [0.15, 0.2) is 0 Å². The third-order valence-corrected chi connectivity index (χ3v) is 5.59. The van der Waals surface area contributed by atoms with Gasteiger partial charge in [-0.3, -0.25) is 0 Å². The predicted molar refractivity (Wildman–Crippen MR) is 69.3 cm³/mol. The maximum atomic E-state index is 11.4. The van der Waals surface area contributed by atoms with Crippen molar-refractivity contribution in [1.82, 2.24) is 4.90 Å². The number of piperidine rings is 1. The van der Waals surface area contributed by atoms with Crippen LogP contribution in [-0.4, -0.2) is 63.5 Å². The fourth-order valence-corrected chi connectivity index (χ4v) is 3.41. The summed E-state index contributed by atoms with van der Waals surface area (Å²) in [7, 11) is -2.82. The topological polar surface area (TPSA) is 55.8 Å². The minimum Gasteiger partial charge on any atom is -0.347 e. The van der Waals surface area contributed by atoms with E-state index in [0.29, 0.717) is 19.0 Å². The van der Waals surface area contributed by atoms with Crippen molar-refractivity contribution >= 4 is 9.84 Å². The van der Waals surface area contributed by atoms with Crippen LogP contribution in [0.3, 0.4) is 0 Å². The van der Waals surface area contributed by atoms with Gasteiger partial charge in [-0.05, 0) is 13.0 Å². The zero-order valence-electron chi connectivity index (χ0n) is 11.1. The molecule has 106 valence electrons. The van der Waals surface area contributed by atoms with Crippen LogP contribution in [0.5, 0.6) is 0 Å². The van der Waals surface area contributed by atoms with Crippen LogP contribution in [0.2, 0.25) is 0 Å². The number of hydrogen-bond donors (Lipinski definition) is 0. The smallest absolute Gasteiger partial charge is 0.170 e. The lowest BCUT2D eigenvalue weighted by Crippen LogP contribution is -2.45. The minimum absolute atomic E-state index is 0.248. The monoisotopic (exact) mass is 277 g/mol. The molecular weight excluding hydrogens is 254 g/mol. The van der Waals surface area contributed by atoms with Crippen LogP contribution < -0.4 is 0 Å². The molecule has 0 bridgehead atoms. The first kappa shape index (κ1) is 14.2. The van der Waals surface area contributed by atoms with Gasteiger partial charge in [-0.15, -0.1) is 0 Å². The van der Waals surface area contributed by atoms with Crippen LogP contribution in [0, 0.1) is 0 Å². The number of likely N-dealkylation sites (tertiary alicyclic amines) is 1. The standard InChI is InChI=1S/C12H23NO4S/c1-2-18(14,15)11-3-6-13-7-4-12(5-8-13)16-9-10-17-12/h2-11H2,1H3. The molecule has 18 heavy (non-hydrogen) atoms. The molecule has 0 radical (unpaired) electrons. The maximum absolute atomic E-state index is 11.4. The molecule has 0 unspecified atom stereocenters. The highest BCUT2D eigenvalue weighted by Gasteiger charge is 2.39. The second-order valence-corrected chi connectivity index (χ2v) is 7.51. The molecule has 2 rings (SSSR count). The van der Waals surface area contributed by atoms with Gasteiger partial charge < -0.3 is 14.4 Å². The van der Waals surface area contributed by atoms with E-state index in [4.69, 9.17) is 9.47 Å². The van der Waals surface area contributed by atoms with Crippen LogP contribution in [0.25, 0.3) is 0 Å². The van der Waals surface area contributed by atoms with Crippen molar-refractivity contribution in [2.45, 2.75) is 32.0 Å². The highest BCUT2D eigenvalue weighted by Crippen LogP contribution is 2.31. The number of rotatable bonds is 5. The van der Waals surface area contributed by atoms with Crippen molar-refractivity contribution < 1.29 is 17.9 Å². The van der Waals surface area contributed by atoms with E-state index in [2.05, 4.69) is 4.90 Å². The van der Waals surface area contributed by atoms with Crippen molar-refractivity contribution in [2.24, 2.45) is 0 Å². The van der Waals surface area contributed by atoms with E-state index in [1.165, 1.54) is 0 Å². The van der Waals surface area contributed by atoms with Gasteiger partial charge in [-0.1, -0.05) is 6.92 Å². The Balaban J connectivity index is 1.68. The quantitative estimate of drug-likeness (QED) is 0.738. The third kappa shape index (κ3) is 3.66. The first-order chi connectivity index (χ1) is 8.55. The summed E-state index contributed by atoms with van der Waals surface area (Å²) in [6, 6.07) is 0. The van der Waals surface area contributed by atoms with Gasteiger partial charge in [-0.2, -0.15) is 0 Å². The SMILES string of the molecule is CCS(=O)(=O)CCCN1CCC2(CC1)OCCO2. The lowest BCUT2D eigenvalue weighted by Gasteiger charge is -2.37. The molecule has 0 atom stereocenters. The van der Waals surface area contributed by atoms with Gasteiger partial charge in [0.1, 0.15) is 9.84 Å². The highest BCUT2D eigenvalue weighted by molar-refractivity contribution is 7.91. The molecule has 2 saturated heterocycles. The van der Waals surface area contributed by atoms with Gasteiger partial charge in [0.25, 0.3) is 0 Å². The first-order valence-corrected chi connectivity index (χ1v) is 8.58. The zero-order valence-corrected chi connectivity index (χ0v) is 11.9. The van der Waals surface area contributed by atoms with Crippen molar-refractivity contribution in [3.63, 3.8) is 0 Å². The first-order valence-electron chi connectivity index (χ1n) is 6.76. The van der Waals surface area contributed by atoms with E-state index in [-0.39, 0.29) is 11.5 Å². The maximum Gasteiger partial charge on any atom is 0.170 e. The predicted octanol–water partition coefficient (Wildman–Crippen LogP) is 0.650. The second kappa shape index (κ2) is 5.86. The number of hydrogen-bond acceptors (Lipinski definition) is 5. The lowest BCUT2D eigenvalue weighted by molar-refractivity contribution is -0.185. The summed E-state index contributed by atoms with van der Waals surface area (Å²) in [6.07, 6.45) is 2.52. The Morgan fingerprint density at radius 3 is 2.33 bits per heavy atom. The summed E-state index contributed by atoms with van der Waals surface area (Å²) in [5.74, 6) is 0.224. The van der Waals surface area contributed by atoms with E-state index >= 15 is 0 Å². The Morgan fingerprint density at radius 2 is 1.78 bits per heavy atom. The molecule has 0 saturated carbocycles. The van der Waals surface area contributed by atoms with Crippen LogP contribution in [0.4, 0.5) is 0 Å².